The molecule has 3 aromatic heterocycles. The predicted octanol–water partition coefficient (Wildman–Crippen LogP) is 2.73. The number of carbonyl (C=O) groups is 1. The third kappa shape index (κ3) is 3.22. The lowest BCUT2D eigenvalue weighted by Crippen LogP contribution is -2.26. The van der Waals surface area contributed by atoms with Crippen molar-refractivity contribution in [3.8, 4) is 23.0 Å². The van der Waals surface area contributed by atoms with Crippen molar-refractivity contribution in [1.29, 1.82) is 0 Å². The van der Waals surface area contributed by atoms with Crippen molar-refractivity contribution in [2.75, 3.05) is 13.7 Å². The molecule has 5 rings (SSSR count). The summed E-state index contributed by atoms with van der Waals surface area (Å²) in [4.78, 5) is 21.6. The summed E-state index contributed by atoms with van der Waals surface area (Å²) in [5, 5.41) is 7.45. The van der Waals surface area contributed by atoms with Gasteiger partial charge in [0.1, 0.15) is 11.4 Å². The van der Waals surface area contributed by atoms with Gasteiger partial charge in [0.15, 0.2) is 11.5 Å². The number of rotatable bonds is 6. The maximum absolute atomic E-state index is 12.8. The van der Waals surface area contributed by atoms with E-state index in [4.69, 9.17) is 4.74 Å². The molecule has 146 valence electrons. The predicted molar refractivity (Wildman–Crippen MR) is 107 cm³/mol. The van der Waals surface area contributed by atoms with E-state index in [2.05, 4.69) is 20.4 Å². The number of hydrogen-bond donors (Lipinski definition) is 1. The summed E-state index contributed by atoms with van der Waals surface area (Å²) in [5.74, 6) is 1.78. The number of benzene rings is 1. The molecule has 0 spiro atoms. The van der Waals surface area contributed by atoms with Crippen LogP contribution in [0.2, 0.25) is 0 Å². The van der Waals surface area contributed by atoms with Crippen LogP contribution in [0.5, 0.6) is 5.75 Å². The van der Waals surface area contributed by atoms with Gasteiger partial charge in [-0.25, -0.2) is 9.67 Å². The van der Waals surface area contributed by atoms with Crippen molar-refractivity contribution in [3.05, 3.63) is 60.8 Å². The van der Waals surface area contributed by atoms with Gasteiger partial charge in [0.05, 0.1) is 30.7 Å². The molecular formula is C21H20N6O2. The van der Waals surface area contributed by atoms with Crippen LogP contribution in [0.3, 0.4) is 0 Å². The van der Waals surface area contributed by atoms with Crippen molar-refractivity contribution in [2.24, 2.45) is 5.92 Å². The second-order valence-corrected chi connectivity index (χ2v) is 7.10. The molecule has 8 nitrogen and oxygen atoms in total. The van der Waals surface area contributed by atoms with E-state index in [-0.39, 0.29) is 5.91 Å². The Morgan fingerprint density at radius 1 is 1.28 bits per heavy atom. The van der Waals surface area contributed by atoms with Gasteiger partial charge < -0.3 is 10.1 Å². The number of methoxy groups -OCH3 is 1. The van der Waals surface area contributed by atoms with E-state index in [9.17, 15) is 4.79 Å². The van der Waals surface area contributed by atoms with Crippen molar-refractivity contribution < 1.29 is 9.53 Å². The number of amides is 1. The Hall–Kier alpha value is -3.68. The maximum Gasteiger partial charge on any atom is 0.272 e. The molecule has 0 unspecified atom stereocenters. The van der Waals surface area contributed by atoms with E-state index in [1.165, 1.54) is 12.8 Å². The second-order valence-electron chi connectivity index (χ2n) is 7.10. The Kier molecular flexibility index (Phi) is 4.23. The minimum absolute atomic E-state index is 0.180. The Labute approximate surface area is 167 Å². The van der Waals surface area contributed by atoms with Crippen molar-refractivity contribution in [2.45, 2.75) is 12.8 Å². The van der Waals surface area contributed by atoms with Gasteiger partial charge in [0, 0.05) is 25.0 Å². The summed E-state index contributed by atoms with van der Waals surface area (Å²) in [7, 11) is 1.63. The lowest BCUT2D eigenvalue weighted by atomic mass is 10.3. The van der Waals surface area contributed by atoms with Gasteiger partial charge in [0.25, 0.3) is 5.91 Å². The lowest BCUT2D eigenvalue weighted by Gasteiger charge is -2.08. The number of hydrogen-bond acceptors (Lipinski definition) is 5. The van der Waals surface area contributed by atoms with Crippen LogP contribution >= 0.6 is 0 Å². The number of imidazole rings is 1. The molecule has 1 saturated carbocycles. The first-order chi connectivity index (χ1) is 14.2. The topological polar surface area (TPSA) is 86.3 Å². The van der Waals surface area contributed by atoms with Crippen LogP contribution in [0.4, 0.5) is 0 Å². The summed E-state index contributed by atoms with van der Waals surface area (Å²) in [6.45, 7) is 0.690. The highest BCUT2D eigenvalue weighted by molar-refractivity contribution is 5.99. The molecule has 1 amide bonds. The number of nitrogens with one attached hydrogen (secondary N) is 1. The number of carbonyl (C=O) groups excluding carboxylic acids is 1. The molecule has 1 N–H and O–H groups in total. The Balaban J connectivity index is 1.59. The van der Waals surface area contributed by atoms with E-state index < -0.39 is 0 Å². The summed E-state index contributed by atoms with van der Waals surface area (Å²) < 4.78 is 8.98. The van der Waals surface area contributed by atoms with Gasteiger partial charge in [-0.2, -0.15) is 5.10 Å². The van der Waals surface area contributed by atoms with Crippen LogP contribution in [-0.2, 0) is 0 Å². The van der Waals surface area contributed by atoms with Gasteiger partial charge in [-0.05, 0) is 37.0 Å². The molecule has 0 aliphatic heterocycles. The van der Waals surface area contributed by atoms with Crippen LogP contribution in [0, 0.1) is 5.92 Å². The largest absolute Gasteiger partial charge is 0.497 e. The van der Waals surface area contributed by atoms with Gasteiger partial charge in [-0.1, -0.05) is 6.07 Å². The quantitative estimate of drug-likeness (QED) is 0.549. The van der Waals surface area contributed by atoms with Crippen LogP contribution in [0.25, 0.3) is 22.7 Å². The summed E-state index contributed by atoms with van der Waals surface area (Å²) in [5.41, 5.74) is 2.64. The molecule has 1 aliphatic rings. The van der Waals surface area contributed by atoms with Crippen LogP contribution in [-0.4, -0.2) is 43.7 Å². The number of aromatic nitrogens is 5. The molecule has 1 aromatic carbocycles. The fraction of sp³-hybridized carbons (Fsp3) is 0.238. The highest BCUT2D eigenvalue weighted by atomic mass is 16.5. The fourth-order valence-corrected chi connectivity index (χ4v) is 3.35. The molecule has 4 aromatic rings. The smallest absolute Gasteiger partial charge is 0.272 e. The van der Waals surface area contributed by atoms with Gasteiger partial charge in [-0.15, -0.1) is 0 Å². The Morgan fingerprint density at radius 3 is 3.00 bits per heavy atom. The minimum atomic E-state index is -0.180. The maximum atomic E-state index is 12.8. The molecular weight excluding hydrogens is 368 g/mol. The molecule has 0 saturated heterocycles. The Bertz CT molecular complexity index is 1190. The SMILES string of the molecule is COc1cccc(-n2nccc2-c2nc(C(=O)NCC3CC3)c3cnccn23)c1. The number of nitrogens with zero attached hydrogens (tertiary/aromatic N) is 5. The van der Waals surface area contributed by atoms with Crippen molar-refractivity contribution in [3.63, 3.8) is 0 Å². The molecule has 29 heavy (non-hydrogen) atoms. The first-order valence-electron chi connectivity index (χ1n) is 9.53. The van der Waals surface area contributed by atoms with Crippen LogP contribution in [0.15, 0.2) is 55.1 Å². The number of ether oxygens (including phenoxy) is 1. The van der Waals surface area contributed by atoms with Crippen molar-refractivity contribution in [1.82, 2.24) is 29.5 Å². The van der Waals surface area contributed by atoms with E-state index in [1.807, 2.05) is 34.7 Å². The van der Waals surface area contributed by atoms with Gasteiger partial charge in [0.2, 0.25) is 0 Å². The van der Waals surface area contributed by atoms with E-state index in [0.29, 0.717) is 29.5 Å². The fourth-order valence-electron chi connectivity index (χ4n) is 3.35. The average Bonchev–Trinajstić information content (AvgIpc) is 3.32. The average molecular weight is 388 g/mol. The highest BCUT2D eigenvalue weighted by Gasteiger charge is 2.25. The molecule has 0 bridgehead atoms. The molecule has 3 heterocycles. The van der Waals surface area contributed by atoms with Crippen LogP contribution in [0.1, 0.15) is 23.3 Å². The van der Waals surface area contributed by atoms with Crippen LogP contribution < -0.4 is 10.1 Å². The monoisotopic (exact) mass is 388 g/mol. The normalized spacial score (nSPS) is 13.6. The molecule has 0 atom stereocenters. The number of fused-ring (bicyclic) bond motifs is 1. The molecule has 1 aliphatic carbocycles. The highest BCUT2D eigenvalue weighted by Crippen LogP contribution is 2.28. The zero-order valence-corrected chi connectivity index (χ0v) is 15.9. The van der Waals surface area contributed by atoms with Crippen molar-refractivity contribution >= 4 is 11.4 Å². The third-order valence-corrected chi connectivity index (χ3v) is 5.08. The standard InChI is InChI=1S/C21H20N6O2/c1-29-16-4-2-3-15(11-16)27-17(7-8-24-27)20-25-19(18-13-22-9-10-26(18)20)21(28)23-12-14-5-6-14/h2-4,7-11,13-14H,5-6,12H2,1H3,(H,23,28). The summed E-state index contributed by atoms with van der Waals surface area (Å²) >= 11 is 0. The van der Waals surface area contributed by atoms with Gasteiger partial charge in [-0.3, -0.25) is 14.2 Å². The molecule has 8 heteroatoms. The first-order valence-corrected chi connectivity index (χ1v) is 9.53. The lowest BCUT2D eigenvalue weighted by molar-refractivity contribution is 0.0949. The van der Waals surface area contributed by atoms with Gasteiger partial charge >= 0.3 is 0 Å². The van der Waals surface area contributed by atoms with E-state index in [1.54, 1.807) is 36.6 Å². The Morgan fingerprint density at radius 2 is 2.17 bits per heavy atom. The van der Waals surface area contributed by atoms with E-state index >= 15 is 0 Å². The zero-order valence-electron chi connectivity index (χ0n) is 15.9. The van der Waals surface area contributed by atoms with E-state index in [0.717, 1.165) is 17.1 Å². The third-order valence-electron chi connectivity index (χ3n) is 5.08. The summed E-state index contributed by atoms with van der Waals surface area (Å²) in [6.07, 6.45) is 9.21. The minimum Gasteiger partial charge on any atom is -0.497 e. The molecule has 1 fully saturated rings. The molecule has 0 radical (unpaired) electrons. The second kappa shape index (κ2) is 7.05. The zero-order chi connectivity index (χ0) is 19.8. The summed E-state index contributed by atoms with van der Waals surface area (Å²) in [6, 6.07) is 9.51. The first kappa shape index (κ1) is 17.4.